The summed E-state index contributed by atoms with van der Waals surface area (Å²) in [5, 5.41) is 1.77. The minimum absolute atomic E-state index is 0.282. The summed E-state index contributed by atoms with van der Waals surface area (Å²) < 4.78 is 16.0. The minimum Gasteiger partial charge on any atom is -0.493 e. The maximum atomic E-state index is 11.0. The first-order chi connectivity index (χ1) is 9.05. The number of carbonyl (C=O) groups is 1. The smallest absolute Gasteiger partial charge is 0.245 e. The van der Waals surface area contributed by atoms with E-state index in [2.05, 4.69) is 4.99 Å². The van der Waals surface area contributed by atoms with Gasteiger partial charge in [-0.05, 0) is 24.4 Å². The van der Waals surface area contributed by atoms with Gasteiger partial charge in [0.2, 0.25) is 11.5 Å². The molecule has 0 unspecified atom stereocenters. The molecule has 0 fully saturated rings. The zero-order valence-electron chi connectivity index (χ0n) is 11.3. The number of hydrogen-bond donors (Lipinski definition) is 0. The third-order valence-electron chi connectivity index (χ3n) is 2.74. The van der Waals surface area contributed by atoms with E-state index in [-0.39, 0.29) is 11.5 Å². The summed E-state index contributed by atoms with van der Waals surface area (Å²) in [5.41, 5.74) is 0.282. The minimum atomic E-state index is -0.303. The predicted molar refractivity (Wildman–Crippen MR) is 70.3 cm³/mol. The second-order valence-corrected chi connectivity index (χ2v) is 4.07. The lowest BCUT2D eigenvalue weighted by Gasteiger charge is -2.09. The number of ether oxygens (including phenoxy) is 2. The first-order valence-electron chi connectivity index (χ1n) is 5.77. The highest BCUT2D eigenvalue weighted by molar-refractivity contribution is 5.87. The molecule has 0 saturated carbocycles. The molecule has 2 rings (SSSR count). The molecule has 1 amide bonds. The Bertz CT molecular complexity index is 700. The van der Waals surface area contributed by atoms with Crippen molar-refractivity contribution in [3.8, 4) is 11.5 Å². The van der Waals surface area contributed by atoms with Gasteiger partial charge >= 0.3 is 0 Å². The molecular weight excluding hydrogens is 246 g/mol. The highest BCUT2D eigenvalue weighted by Crippen LogP contribution is 2.32. The van der Waals surface area contributed by atoms with Gasteiger partial charge < -0.3 is 13.9 Å². The van der Waals surface area contributed by atoms with Crippen molar-refractivity contribution < 1.29 is 18.7 Å². The van der Waals surface area contributed by atoms with Crippen LogP contribution in [0.4, 0.5) is 0 Å². The van der Waals surface area contributed by atoms with Crippen LogP contribution in [0, 0.1) is 6.92 Å². The molecule has 0 atom stereocenters. The first-order valence-corrected chi connectivity index (χ1v) is 5.77. The zero-order valence-corrected chi connectivity index (χ0v) is 11.3. The molecule has 0 bridgehead atoms. The monoisotopic (exact) mass is 261 g/mol. The summed E-state index contributed by atoms with van der Waals surface area (Å²) in [7, 11) is 3.15. The Morgan fingerprint density at radius 1 is 1.16 bits per heavy atom. The van der Waals surface area contributed by atoms with Crippen molar-refractivity contribution in [1.82, 2.24) is 0 Å². The van der Waals surface area contributed by atoms with Crippen molar-refractivity contribution in [2.24, 2.45) is 4.99 Å². The molecule has 5 heteroatoms. The predicted octanol–water partition coefficient (Wildman–Crippen LogP) is 2.21. The van der Waals surface area contributed by atoms with E-state index in [1.807, 2.05) is 19.1 Å². The molecule has 19 heavy (non-hydrogen) atoms. The van der Waals surface area contributed by atoms with E-state index in [1.165, 1.54) is 6.92 Å². The highest BCUT2D eigenvalue weighted by atomic mass is 16.5. The molecule has 100 valence electrons. The number of benzene rings is 1. The molecule has 1 aromatic heterocycles. The normalized spacial score (nSPS) is 11.7. The zero-order chi connectivity index (χ0) is 14.0. The van der Waals surface area contributed by atoms with Gasteiger partial charge in [0.1, 0.15) is 5.76 Å². The Morgan fingerprint density at radius 2 is 1.79 bits per heavy atom. The average Bonchev–Trinajstić information content (AvgIpc) is 2.36. The SMILES string of the molecule is COc1cc2cc(=NC(C)=O)oc(C)c2cc1OC. The maximum Gasteiger partial charge on any atom is 0.245 e. The molecule has 0 aliphatic heterocycles. The largest absolute Gasteiger partial charge is 0.493 e. The van der Waals surface area contributed by atoms with Crippen molar-refractivity contribution in [3.05, 3.63) is 29.5 Å². The Morgan fingerprint density at radius 3 is 2.37 bits per heavy atom. The van der Waals surface area contributed by atoms with Crippen molar-refractivity contribution in [2.45, 2.75) is 13.8 Å². The van der Waals surface area contributed by atoms with Gasteiger partial charge in [-0.15, -0.1) is 0 Å². The summed E-state index contributed by atoms with van der Waals surface area (Å²) in [6, 6.07) is 5.37. The third kappa shape index (κ3) is 2.59. The van der Waals surface area contributed by atoms with Gasteiger partial charge in [0.25, 0.3) is 0 Å². The molecule has 1 heterocycles. The topological polar surface area (TPSA) is 61.0 Å². The molecule has 1 aromatic carbocycles. The standard InChI is InChI=1S/C14H15NO4/c1-8-11-7-13(18-4)12(17-3)5-10(11)6-14(19-8)15-9(2)16/h5-7H,1-4H3. The van der Waals surface area contributed by atoms with Gasteiger partial charge in [-0.1, -0.05) is 0 Å². The van der Waals surface area contributed by atoms with E-state index in [4.69, 9.17) is 13.9 Å². The molecule has 0 N–H and O–H groups in total. The van der Waals surface area contributed by atoms with Crippen molar-refractivity contribution in [2.75, 3.05) is 14.2 Å². The van der Waals surface area contributed by atoms with Crippen LogP contribution in [-0.2, 0) is 4.79 Å². The van der Waals surface area contributed by atoms with Crippen LogP contribution in [0.2, 0.25) is 0 Å². The molecule has 0 aliphatic carbocycles. The number of methoxy groups -OCH3 is 2. The van der Waals surface area contributed by atoms with Gasteiger partial charge in [0.15, 0.2) is 11.5 Å². The quantitative estimate of drug-likeness (QED) is 0.831. The fourth-order valence-corrected chi connectivity index (χ4v) is 1.90. The lowest BCUT2D eigenvalue weighted by molar-refractivity contribution is -0.116. The highest BCUT2D eigenvalue weighted by Gasteiger charge is 2.09. The third-order valence-corrected chi connectivity index (χ3v) is 2.74. The summed E-state index contributed by atoms with van der Waals surface area (Å²) >= 11 is 0. The number of rotatable bonds is 2. The fourth-order valence-electron chi connectivity index (χ4n) is 1.90. The van der Waals surface area contributed by atoms with E-state index in [0.717, 1.165) is 10.8 Å². The van der Waals surface area contributed by atoms with Crippen LogP contribution in [0.5, 0.6) is 11.5 Å². The Labute approximate surface area is 110 Å². The van der Waals surface area contributed by atoms with Crippen molar-refractivity contribution >= 4 is 16.7 Å². The molecule has 0 aliphatic rings. The van der Waals surface area contributed by atoms with Crippen LogP contribution in [-0.4, -0.2) is 20.1 Å². The van der Waals surface area contributed by atoms with Crippen LogP contribution in [0.25, 0.3) is 10.8 Å². The molecule has 0 spiro atoms. The van der Waals surface area contributed by atoms with Gasteiger partial charge in [0, 0.05) is 18.4 Å². The molecule has 5 nitrogen and oxygen atoms in total. The summed E-state index contributed by atoms with van der Waals surface area (Å²) in [6.07, 6.45) is 0. The molecule has 0 radical (unpaired) electrons. The summed E-state index contributed by atoms with van der Waals surface area (Å²) in [5.74, 6) is 1.61. The van der Waals surface area contributed by atoms with Gasteiger partial charge in [0.05, 0.1) is 14.2 Å². The Hall–Kier alpha value is -2.30. The lowest BCUT2D eigenvalue weighted by atomic mass is 10.1. The lowest BCUT2D eigenvalue weighted by Crippen LogP contribution is -2.05. The van der Waals surface area contributed by atoms with Crippen LogP contribution >= 0.6 is 0 Å². The number of aryl methyl sites for hydroxylation is 1. The number of nitrogens with zero attached hydrogens (tertiary/aromatic N) is 1. The van der Waals surface area contributed by atoms with Crippen LogP contribution in [0.1, 0.15) is 12.7 Å². The van der Waals surface area contributed by atoms with Gasteiger partial charge in [-0.3, -0.25) is 4.79 Å². The van der Waals surface area contributed by atoms with Gasteiger partial charge in [-0.2, -0.15) is 4.99 Å². The summed E-state index contributed by atoms with van der Waals surface area (Å²) in [4.78, 5) is 14.8. The number of hydrogen-bond acceptors (Lipinski definition) is 4. The Balaban J connectivity index is 2.77. The van der Waals surface area contributed by atoms with Gasteiger partial charge in [-0.25, -0.2) is 0 Å². The molecular formula is C14H15NO4. The Kier molecular flexibility index (Phi) is 3.55. The summed E-state index contributed by atoms with van der Waals surface area (Å²) in [6.45, 7) is 3.19. The number of amides is 1. The maximum absolute atomic E-state index is 11.0. The van der Waals surface area contributed by atoms with E-state index in [1.54, 1.807) is 20.3 Å². The number of fused-ring (bicyclic) bond motifs is 1. The van der Waals surface area contributed by atoms with E-state index >= 15 is 0 Å². The first kappa shape index (κ1) is 13.1. The average molecular weight is 261 g/mol. The molecule has 2 aromatic rings. The van der Waals surface area contributed by atoms with Crippen molar-refractivity contribution in [3.63, 3.8) is 0 Å². The van der Waals surface area contributed by atoms with Crippen molar-refractivity contribution in [1.29, 1.82) is 0 Å². The van der Waals surface area contributed by atoms with Crippen LogP contribution in [0.3, 0.4) is 0 Å². The molecule has 0 saturated heterocycles. The van der Waals surface area contributed by atoms with E-state index in [9.17, 15) is 4.79 Å². The van der Waals surface area contributed by atoms with E-state index in [0.29, 0.717) is 17.3 Å². The van der Waals surface area contributed by atoms with Crippen LogP contribution < -0.4 is 15.0 Å². The fraction of sp³-hybridized carbons (Fsp3) is 0.286. The second-order valence-electron chi connectivity index (χ2n) is 4.07. The number of carbonyl (C=O) groups excluding carboxylic acids is 1. The van der Waals surface area contributed by atoms with Crippen LogP contribution in [0.15, 0.2) is 27.6 Å². The second kappa shape index (κ2) is 5.14. The van der Waals surface area contributed by atoms with E-state index < -0.39 is 0 Å².